The van der Waals surface area contributed by atoms with Crippen LogP contribution in [0.25, 0.3) is 0 Å². The molecule has 2 amide bonds. The highest BCUT2D eigenvalue weighted by molar-refractivity contribution is 7.91. The van der Waals surface area contributed by atoms with E-state index in [1.165, 1.54) is 0 Å². The lowest BCUT2D eigenvalue weighted by Gasteiger charge is -2.08. The fourth-order valence-electron chi connectivity index (χ4n) is 2.76. The number of nitrogens with zero attached hydrogens (tertiary/aromatic N) is 1. The summed E-state index contributed by atoms with van der Waals surface area (Å²) in [5, 5.41) is 5.34. The lowest BCUT2D eigenvalue weighted by molar-refractivity contribution is -0.113. The summed E-state index contributed by atoms with van der Waals surface area (Å²) in [7, 11) is -3.65. The number of carbonyl (C=O) groups excluding carboxylic acids is 2. The van der Waals surface area contributed by atoms with Gasteiger partial charge in [0, 0.05) is 30.2 Å². The van der Waals surface area contributed by atoms with E-state index in [1.807, 2.05) is 6.07 Å². The Morgan fingerprint density at radius 1 is 0.867 bits per heavy atom. The van der Waals surface area contributed by atoms with Gasteiger partial charge in [-0.1, -0.05) is 36.4 Å². The lowest BCUT2D eigenvalue weighted by atomic mass is 10.1. The van der Waals surface area contributed by atoms with Crippen molar-refractivity contribution in [2.75, 3.05) is 11.1 Å². The van der Waals surface area contributed by atoms with Crippen molar-refractivity contribution in [1.29, 1.82) is 0 Å². The number of amides is 2. The van der Waals surface area contributed by atoms with Gasteiger partial charge < -0.3 is 10.6 Å². The number of carbonyl (C=O) groups is 2. The van der Waals surface area contributed by atoms with Crippen molar-refractivity contribution in [2.24, 2.45) is 0 Å². The highest BCUT2D eigenvalue weighted by atomic mass is 32.2. The molecule has 0 fully saturated rings. The summed E-state index contributed by atoms with van der Waals surface area (Å²) in [5.41, 5.74) is 2.34. The van der Waals surface area contributed by atoms with Crippen LogP contribution in [-0.4, -0.2) is 31.0 Å². The molecule has 1 heterocycles. The summed E-state index contributed by atoms with van der Waals surface area (Å²) in [6.07, 6.45) is 3.32. The Bertz CT molecular complexity index is 1100. The molecule has 7 nitrogen and oxygen atoms in total. The van der Waals surface area contributed by atoms with Gasteiger partial charge in [0.05, 0.1) is 5.75 Å². The number of nitrogens with one attached hydrogen (secondary N) is 2. The van der Waals surface area contributed by atoms with Gasteiger partial charge in [0.25, 0.3) is 5.91 Å². The number of rotatable bonds is 8. The van der Waals surface area contributed by atoms with E-state index in [0.717, 1.165) is 5.56 Å². The average Bonchev–Trinajstić information content (AvgIpc) is 2.73. The first-order chi connectivity index (χ1) is 14.4. The van der Waals surface area contributed by atoms with E-state index in [2.05, 4.69) is 15.6 Å². The number of hydrogen-bond donors (Lipinski definition) is 2. The molecular formula is C22H21N3O4S. The summed E-state index contributed by atoms with van der Waals surface area (Å²) in [6, 6.07) is 18.6. The van der Waals surface area contributed by atoms with Crippen LogP contribution in [0.2, 0.25) is 0 Å². The van der Waals surface area contributed by atoms with Crippen molar-refractivity contribution < 1.29 is 18.0 Å². The Kier molecular flexibility index (Phi) is 6.92. The first-order valence-corrected chi connectivity index (χ1v) is 11.0. The molecule has 0 saturated heterocycles. The summed E-state index contributed by atoms with van der Waals surface area (Å²) in [4.78, 5) is 28.2. The Morgan fingerprint density at radius 3 is 2.27 bits per heavy atom. The SMILES string of the molecule is O=C(CS(=O)(=O)Cc1ccc(C(=O)NCc2cccnc2)cc1)Nc1ccccc1. The Hall–Kier alpha value is -3.52. The molecule has 0 unspecified atom stereocenters. The van der Waals surface area contributed by atoms with Gasteiger partial charge in [0.2, 0.25) is 5.91 Å². The number of anilines is 1. The number of hydrogen-bond acceptors (Lipinski definition) is 5. The van der Waals surface area contributed by atoms with E-state index >= 15 is 0 Å². The zero-order valence-corrected chi connectivity index (χ0v) is 16.9. The van der Waals surface area contributed by atoms with Gasteiger partial charge in [0.1, 0.15) is 5.75 Å². The minimum Gasteiger partial charge on any atom is -0.348 e. The topological polar surface area (TPSA) is 105 Å². The highest BCUT2D eigenvalue weighted by Crippen LogP contribution is 2.11. The smallest absolute Gasteiger partial charge is 0.251 e. The summed E-state index contributed by atoms with van der Waals surface area (Å²) in [5.74, 6) is -1.76. The molecule has 0 bridgehead atoms. The molecule has 0 spiro atoms. The highest BCUT2D eigenvalue weighted by Gasteiger charge is 2.18. The molecule has 2 N–H and O–H groups in total. The zero-order valence-electron chi connectivity index (χ0n) is 16.1. The lowest BCUT2D eigenvalue weighted by Crippen LogP contribution is -2.24. The number of sulfone groups is 1. The van der Waals surface area contributed by atoms with Gasteiger partial charge in [-0.3, -0.25) is 14.6 Å². The summed E-state index contributed by atoms with van der Waals surface area (Å²) >= 11 is 0. The Morgan fingerprint density at radius 2 is 1.60 bits per heavy atom. The summed E-state index contributed by atoms with van der Waals surface area (Å²) < 4.78 is 24.7. The largest absolute Gasteiger partial charge is 0.348 e. The monoisotopic (exact) mass is 423 g/mol. The Labute approximate surface area is 175 Å². The molecule has 154 valence electrons. The normalized spacial score (nSPS) is 10.9. The molecule has 0 aliphatic heterocycles. The van der Waals surface area contributed by atoms with E-state index in [-0.39, 0.29) is 11.7 Å². The maximum atomic E-state index is 12.3. The van der Waals surface area contributed by atoms with Crippen LogP contribution in [-0.2, 0) is 26.9 Å². The molecular weight excluding hydrogens is 402 g/mol. The molecule has 2 aromatic carbocycles. The molecule has 3 rings (SSSR count). The maximum Gasteiger partial charge on any atom is 0.251 e. The number of pyridine rings is 1. The fourth-order valence-corrected chi connectivity index (χ4v) is 4.04. The van der Waals surface area contributed by atoms with Crippen LogP contribution < -0.4 is 10.6 Å². The summed E-state index contributed by atoms with van der Waals surface area (Å²) in [6.45, 7) is 0.347. The van der Waals surface area contributed by atoms with Gasteiger partial charge in [-0.15, -0.1) is 0 Å². The van der Waals surface area contributed by atoms with Crippen molar-refractivity contribution >= 4 is 27.3 Å². The second-order valence-corrected chi connectivity index (χ2v) is 8.75. The molecule has 1 aromatic heterocycles. The molecule has 0 aliphatic carbocycles. The standard InChI is InChI=1S/C22H21N3O4S/c26-21(25-20-6-2-1-3-7-20)16-30(28,29)15-17-8-10-19(11-9-17)22(27)24-14-18-5-4-12-23-13-18/h1-13H,14-16H2,(H,24,27)(H,25,26). The Balaban J connectivity index is 1.53. The van der Waals surface area contributed by atoms with E-state index in [9.17, 15) is 18.0 Å². The fraction of sp³-hybridized carbons (Fsp3) is 0.136. The minimum atomic E-state index is -3.65. The van der Waals surface area contributed by atoms with Gasteiger partial charge >= 0.3 is 0 Å². The molecule has 0 radical (unpaired) electrons. The van der Waals surface area contributed by atoms with E-state index < -0.39 is 21.5 Å². The zero-order chi connectivity index (χ0) is 21.4. The van der Waals surface area contributed by atoms with Crippen molar-refractivity contribution in [3.05, 3.63) is 95.8 Å². The first kappa shape index (κ1) is 21.2. The number of benzene rings is 2. The predicted octanol–water partition coefficient (Wildman–Crippen LogP) is 2.57. The maximum absolute atomic E-state index is 12.3. The van der Waals surface area contributed by atoms with Crippen LogP contribution >= 0.6 is 0 Å². The average molecular weight is 423 g/mol. The predicted molar refractivity (Wildman–Crippen MR) is 114 cm³/mol. The van der Waals surface area contributed by atoms with Crippen LogP contribution in [0.3, 0.4) is 0 Å². The van der Waals surface area contributed by atoms with Gasteiger partial charge in [-0.2, -0.15) is 0 Å². The molecule has 30 heavy (non-hydrogen) atoms. The van der Waals surface area contributed by atoms with Gasteiger partial charge in [-0.05, 0) is 41.5 Å². The molecule has 3 aromatic rings. The van der Waals surface area contributed by atoms with Crippen molar-refractivity contribution in [2.45, 2.75) is 12.3 Å². The molecule has 0 aliphatic rings. The van der Waals surface area contributed by atoms with Gasteiger partial charge in [-0.25, -0.2) is 8.42 Å². The second-order valence-electron chi connectivity index (χ2n) is 6.69. The third-order valence-corrected chi connectivity index (χ3v) is 5.66. The van der Waals surface area contributed by atoms with Crippen LogP contribution in [0.4, 0.5) is 5.69 Å². The van der Waals surface area contributed by atoms with E-state index in [4.69, 9.17) is 0 Å². The van der Waals surface area contributed by atoms with Crippen molar-refractivity contribution in [1.82, 2.24) is 10.3 Å². The quantitative estimate of drug-likeness (QED) is 0.579. The minimum absolute atomic E-state index is 0.268. The molecule has 8 heteroatoms. The van der Waals surface area contributed by atoms with Crippen LogP contribution in [0.5, 0.6) is 0 Å². The number of aromatic nitrogens is 1. The van der Waals surface area contributed by atoms with Crippen LogP contribution in [0.1, 0.15) is 21.5 Å². The van der Waals surface area contributed by atoms with Crippen molar-refractivity contribution in [3.63, 3.8) is 0 Å². The van der Waals surface area contributed by atoms with Crippen molar-refractivity contribution in [3.8, 4) is 0 Å². The molecule has 0 saturated carbocycles. The van der Waals surface area contributed by atoms with E-state index in [0.29, 0.717) is 23.4 Å². The molecule has 0 atom stereocenters. The van der Waals surface area contributed by atoms with Crippen LogP contribution in [0.15, 0.2) is 79.1 Å². The van der Waals surface area contributed by atoms with Crippen LogP contribution in [0, 0.1) is 0 Å². The third kappa shape index (κ3) is 6.52. The van der Waals surface area contributed by atoms with Gasteiger partial charge in [0.15, 0.2) is 9.84 Å². The first-order valence-electron chi connectivity index (χ1n) is 9.23. The third-order valence-electron chi connectivity index (χ3n) is 4.19. The number of para-hydroxylation sites is 1. The van der Waals surface area contributed by atoms with E-state index in [1.54, 1.807) is 73.1 Å². The second kappa shape index (κ2) is 9.80.